The summed E-state index contributed by atoms with van der Waals surface area (Å²) >= 11 is 0. The molecule has 0 aliphatic heterocycles. The van der Waals surface area contributed by atoms with Crippen LogP contribution in [0.2, 0.25) is 0 Å². The maximum Gasteiger partial charge on any atom is 0.0628 e. The molecule has 1 rings (SSSR count). The molecule has 0 amide bonds. The van der Waals surface area contributed by atoms with Gasteiger partial charge in [0.25, 0.3) is 0 Å². The van der Waals surface area contributed by atoms with Gasteiger partial charge in [-0.25, -0.2) is 0 Å². The zero-order chi connectivity index (χ0) is 10.7. The van der Waals surface area contributed by atoms with Gasteiger partial charge in [-0.1, -0.05) is 6.92 Å². The monoisotopic (exact) mass is 195 g/mol. The molecule has 1 N–H and O–H groups in total. The topological polar surface area (TPSA) is 29.9 Å². The van der Waals surface area contributed by atoms with E-state index in [2.05, 4.69) is 31.2 Å². The highest BCUT2D eigenvalue weighted by Crippen LogP contribution is 2.16. The Labute approximate surface area is 86.5 Å². The van der Waals surface area contributed by atoms with Gasteiger partial charge in [0, 0.05) is 12.7 Å². The minimum atomic E-state index is 0.668. The van der Waals surface area contributed by atoms with Crippen molar-refractivity contribution in [2.24, 2.45) is 13.0 Å². The van der Waals surface area contributed by atoms with Crippen molar-refractivity contribution < 1.29 is 0 Å². The summed E-state index contributed by atoms with van der Waals surface area (Å²) in [7, 11) is 4.01. The number of rotatable bonds is 4. The highest BCUT2D eigenvalue weighted by molar-refractivity contribution is 5.24. The molecule has 0 fully saturated rings. The normalized spacial score (nSPS) is 13.2. The lowest BCUT2D eigenvalue weighted by molar-refractivity contribution is 0.539. The van der Waals surface area contributed by atoms with Crippen molar-refractivity contribution in [3.8, 4) is 0 Å². The Hall–Kier alpha value is -0.830. The van der Waals surface area contributed by atoms with E-state index in [1.807, 2.05) is 18.8 Å². The fourth-order valence-electron chi connectivity index (χ4n) is 1.88. The fraction of sp³-hybridized carbons (Fsp3) is 0.727. The SMILES string of the molecule is CNCC(C)Cc1c(C)nn(C)c1C. The second-order valence-electron chi connectivity index (χ2n) is 4.14. The highest BCUT2D eigenvalue weighted by atomic mass is 15.3. The number of hydrogen-bond donors (Lipinski definition) is 1. The lowest BCUT2D eigenvalue weighted by Crippen LogP contribution is -2.18. The van der Waals surface area contributed by atoms with E-state index in [4.69, 9.17) is 0 Å². The van der Waals surface area contributed by atoms with Gasteiger partial charge < -0.3 is 5.32 Å². The lowest BCUT2D eigenvalue weighted by atomic mass is 10.00. The average Bonchev–Trinajstić information content (AvgIpc) is 2.33. The van der Waals surface area contributed by atoms with Crippen LogP contribution in [0.15, 0.2) is 0 Å². The van der Waals surface area contributed by atoms with Crippen LogP contribution in [0.3, 0.4) is 0 Å². The van der Waals surface area contributed by atoms with E-state index < -0.39 is 0 Å². The molecule has 0 aliphatic carbocycles. The molecule has 3 heteroatoms. The van der Waals surface area contributed by atoms with Gasteiger partial charge in [0.15, 0.2) is 0 Å². The summed E-state index contributed by atoms with van der Waals surface area (Å²) in [5, 5.41) is 7.63. The van der Waals surface area contributed by atoms with Crippen LogP contribution in [0, 0.1) is 19.8 Å². The fourth-order valence-corrected chi connectivity index (χ4v) is 1.88. The predicted octanol–water partition coefficient (Wildman–Crippen LogP) is 1.43. The zero-order valence-electron chi connectivity index (χ0n) is 9.89. The molecule has 1 atom stereocenters. The van der Waals surface area contributed by atoms with Crippen LogP contribution in [0.25, 0.3) is 0 Å². The molecule has 14 heavy (non-hydrogen) atoms. The van der Waals surface area contributed by atoms with Crippen LogP contribution in [-0.2, 0) is 13.5 Å². The van der Waals surface area contributed by atoms with Gasteiger partial charge in [-0.15, -0.1) is 0 Å². The first-order valence-electron chi connectivity index (χ1n) is 5.20. The Morgan fingerprint density at radius 1 is 1.43 bits per heavy atom. The second-order valence-corrected chi connectivity index (χ2v) is 4.14. The van der Waals surface area contributed by atoms with E-state index in [1.54, 1.807) is 0 Å². The van der Waals surface area contributed by atoms with Gasteiger partial charge in [0.1, 0.15) is 0 Å². The Kier molecular flexibility index (Phi) is 3.69. The second kappa shape index (κ2) is 4.60. The Morgan fingerprint density at radius 3 is 2.50 bits per heavy atom. The number of nitrogens with zero attached hydrogens (tertiary/aromatic N) is 2. The Morgan fingerprint density at radius 2 is 2.07 bits per heavy atom. The summed E-state index contributed by atoms with van der Waals surface area (Å²) < 4.78 is 1.97. The third-order valence-electron chi connectivity index (χ3n) is 2.76. The average molecular weight is 195 g/mol. The molecule has 3 nitrogen and oxygen atoms in total. The van der Waals surface area contributed by atoms with Crippen LogP contribution >= 0.6 is 0 Å². The van der Waals surface area contributed by atoms with Gasteiger partial charge in [-0.2, -0.15) is 5.10 Å². The van der Waals surface area contributed by atoms with Crippen LogP contribution in [0.1, 0.15) is 23.9 Å². The Bertz CT molecular complexity index is 302. The number of aromatic nitrogens is 2. The summed E-state index contributed by atoms with van der Waals surface area (Å²) in [6, 6.07) is 0. The van der Waals surface area contributed by atoms with E-state index >= 15 is 0 Å². The molecule has 0 bridgehead atoms. The summed E-state index contributed by atoms with van der Waals surface area (Å²) in [6.07, 6.45) is 1.12. The van der Waals surface area contributed by atoms with Crippen molar-refractivity contribution in [1.82, 2.24) is 15.1 Å². The van der Waals surface area contributed by atoms with Crippen LogP contribution in [0.4, 0.5) is 0 Å². The van der Waals surface area contributed by atoms with Crippen molar-refractivity contribution in [1.29, 1.82) is 0 Å². The number of nitrogens with one attached hydrogen (secondary N) is 1. The molecular formula is C11H21N3. The smallest absolute Gasteiger partial charge is 0.0628 e. The first kappa shape index (κ1) is 11.2. The maximum absolute atomic E-state index is 4.42. The molecular weight excluding hydrogens is 174 g/mol. The summed E-state index contributed by atoms with van der Waals surface area (Å²) in [4.78, 5) is 0. The number of hydrogen-bond acceptors (Lipinski definition) is 2. The largest absolute Gasteiger partial charge is 0.319 e. The highest BCUT2D eigenvalue weighted by Gasteiger charge is 2.12. The summed E-state index contributed by atoms with van der Waals surface area (Å²) in [6.45, 7) is 7.56. The standard InChI is InChI=1S/C11H21N3/c1-8(7-12-4)6-11-9(2)13-14(5)10(11)3/h8,12H,6-7H2,1-5H3. The van der Waals surface area contributed by atoms with Crippen LogP contribution in [0.5, 0.6) is 0 Å². The molecule has 0 spiro atoms. The third-order valence-corrected chi connectivity index (χ3v) is 2.76. The summed E-state index contributed by atoms with van der Waals surface area (Å²) in [5.41, 5.74) is 3.88. The predicted molar refractivity (Wildman–Crippen MR) is 59.5 cm³/mol. The van der Waals surface area contributed by atoms with Gasteiger partial charge in [-0.3, -0.25) is 4.68 Å². The Balaban J connectivity index is 2.75. The molecule has 1 unspecified atom stereocenters. The quantitative estimate of drug-likeness (QED) is 0.787. The number of aryl methyl sites for hydroxylation is 2. The van der Waals surface area contributed by atoms with E-state index in [0.29, 0.717) is 5.92 Å². The van der Waals surface area contributed by atoms with Gasteiger partial charge in [-0.05, 0) is 45.3 Å². The minimum absolute atomic E-state index is 0.668. The van der Waals surface area contributed by atoms with Crippen molar-refractivity contribution in [2.45, 2.75) is 27.2 Å². The molecule has 1 heterocycles. The molecule has 0 aromatic carbocycles. The van der Waals surface area contributed by atoms with Crippen molar-refractivity contribution in [3.05, 3.63) is 17.0 Å². The molecule has 0 aliphatic rings. The van der Waals surface area contributed by atoms with Gasteiger partial charge in [0.2, 0.25) is 0 Å². The van der Waals surface area contributed by atoms with Crippen molar-refractivity contribution in [3.63, 3.8) is 0 Å². The molecule has 80 valence electrons. The molecule has 1 aromatic rings. The zero-order valence-corrected chi connectivity index (χ0v) is 9.89. The molecule has 0 saturated heterocycles. The van der Waals surface area contributed by atoms with E-state index in [1.165, 1.54) is 17.0 Å². The lowest BCUT2D eigenvalue weighted by Gasteiger charge is -2.10. The van der Waals surface area contributed by atoms with Crippen molar-refractivity contribution >= 4 is 0 Å². The van der Waals surface area contributed by atoms with E-state index in [-0.39, 0.29) is 0 Å². The molecule has 1 aromatic heterocycles. The minimum Gasteiger partial charge on any atom is -0.319 e. The van der Waals surface area contributed by atoms with Gasteiger partial charge in [0.05, 0.1) is 5.69 Å². The van der Waals surface area contributed by atoms with E-state index in [9.17, 15) is 0 Å². The first-order valence-corrected chi connectivity index (χ1v) is 5.20. The first-order chi connectivity index (χ1) is 6.56. The maximum atomic E-state index is 4.42. The van der Waals surface area contributed by atoms with Crippen molar-refractivity contribution in [2.75, 3.05) is 13.6 Å². The van der Waals surface area contributed by atoms with Crippen LogP contribution < -0.4 is 5.32 Å². The van der Waals surface area contributed by atoms with Gasteiger partial charge >= 0.3 is 0 Å². The molecule has 0 saturated carbocycles. The summed E-state index contributed by atoms with van der Waals surface area (Å²) in [5.74, 6) is 0.668. The van der Waals surface area contributed by atoms with Crippen LogP contribution in [-0.4, -0.2) is 23.4 Å². The molecule has 0 radical (unpaired) electrons. The van der Waals surface area contributed by atoms with E-state index in [0.717, 1.165) is 13.0 Å². The third kappa shape index (κ3) is 2.35.